The first-order valence-corrected chi connectivity index (χ1v) is 41.7. The summed E-state index contributed by atoms with van der Waals surface area (Å²) in [5.41, 5.74) is 0. The molecule has 0 aromatic heterocycles. The number of phosphoric ester groups is 2. The molecule has 0 amide bonds. The Bertz CT molecular complexity index is 1790. The first-order valence-electron chi connectivity index (χ1n) is 38.7. The standard InChI is InChI=1S/C74H144O17P2/c1-6-10-13-16-18-20-22-24-25-26-27-32-35-39-43-48-53-58-72(77)85-64-70(91-74(79)60-55-50-45-41-37-33-29-28-31-34-38-42-47-51-56-67(5)9-4)66-89-93(82,83)87-62-68(75)61-86-92(80,81)88-65-69(63-84-71(76)57-52-46-15-12-8-3)90-73(78)59-54-49-44-40-36-30-23-21-19-17-14-11-7-2/h67-70,75H,6-66H2,1-5H3,(H,80,81)(H,82,83)/t67?,68-,69+,70+/m0/s1. The number of hydrogen-bond acceptors (Lipinski definition) is 15. The minimum atomic E-state index is -4.95. The van der Waals surface area contributed by atoms with E-state index in [0.717, 1.165) is 102 Å². The van der Waals surface area contributed by atoms with Crippen LogP contribution in [0.15, 0.2) is 0 Å². The number of aliphatic hydroxyl groups excluding tert-OH is 1. The molecular weight excluding hydrogens is 1220 g/mol. The predicted octanol–water partition coefficient (Wildman–Crippen LogP) is 21.7. The molecule has 93 heavy (non-hydrogen) atoms. The fourth-order valence-electron chi connectivity index (χ4n) is 11.3. The van der Waals surface area contributed by atoms with Gasteiger partial charge in [0.15, 0.2) is 12.2 Å². The maximum Gasteiger partial charge on any atom is 0.472 e. The van der Waals surface area contributed by atoms with Gasteiger partial charge in [0.2, 0.25) is 0 Å². The Labute approximate surface area is 568 Å². The van der Waals surface area contributed by atoms with Crippen molar-refractivity contribution in [1.82, 2.24) is 0 Å². The lowest BCUT2D eigenvalue weighted by molar-refractivity contribution is -0.161. The zero-order valence-electron chi connectivity index (χ0n) is 60.4. The topological polar surface area (TPSA) is 237 Å². The maximum atomic E-state index is 13.1. The van der Waals surface area contributed by atoms with E-state index in [1.54, 1.807) is 0 Å². The number of unbranched alkanes of at least 4 members (excludes halogenated alkanes) is 45. The lowest BCUT2D eigenvalue weighted by Crippen LogP contribution is -2.30. The summed E-state index contributed by atoms with van der Waals surface area (Å²) in [4.78, 5) is 72.4. The Balaban J connectivity index is 5.15. The molecule has 0 radical (unpaired) electrons. The summed E-state index contributed by atoms with van der Waals surface area (Å²) >= 11 is 0. The van der Waals surface area contributed by atoms with E-state index >= 15 is 0 Å². The average Bonchev–Trinajstić information content (AvgIpc) is 3.00. The Morgan fingerprint density at radius 3 is 0.763 bits per heavy atom. The van der Waals surface area contributed by atoms with Gasteiger partial charge in [-0.1, -0.05) is 336 Å². The molecule has 0 saturated heterocycles. The van der Waals surface area contributed by atoms with Gasteiger partial charge in [-0.05, 0) is 31.6 Å². The summed E-state index contributed by atoms with van der Waals surface area (Å²) in [6, 6.07) is 0. The maximum absolute atomic E-state index is 13.1. The van der Waals surface area contributed by atoms with Crippen molar-refractivity contribution in [3.05, 3.63) is 0 Å². The molecule has 0 aromatic carbocycles. The second-order valence-electron chi connectivity index (χ2n) is 26.9. The molecule has 19 heteroatoms. The van der Waals surface area contributed by atoms with Gasteiger partial charge in [-0.15, -0.1) is 0 Å². The highest BCUT2D eigenvalue weighted by Crippen LogP contribution is 2.45. The fourth-order valence-corrected chi connectivity index (χ4v) is 12.9. The van der Waals surface area contributed by atoms with Crippen molar-refractivity contribution in [3.8, 4) is 0 Å². The van der Waals surface area contributed by atoms with Gasteiger partial charge in [0.1, 0.15) is 19.3 Å². The minimum absolute atomic E-state index is 0.107. The monoisotopic (exact) mass is 1370 g/mol. The number of aliphatic hydroxyl groups is 1. The second-order valence-corrected chi connectivity index (χ2v) is 29.8. The van der Waals surface area contributed by atoms with Crippen LogP contribution in [0.25, 0.3) is 0 Å². The molecule has 0 heterocycles. The van der Waals surface area contributed by atoms with Crippen LogP contribution in [0.5, 0.6) is 0 Å². The van der Waals surface area contributed by atoms with Crippen molar-refractivity contribution in [3.63, 3.8) is 0 Å². The molecule has 17 nitrogen and oxygen atoms in total. The van der Waals surface area contributed by atoms with E-state index in [9.17, 15) is 43.2 Å². The Kier molecular flexibility index (Phi) is 65.9. The lowest BCUT2D eigenvalue weighted by Gasteiger charge is -2.21. The number of ether oxygens (including phenoxy) is 4. The molecule has 552 valence electrons. The van der Waals surface area contributed by atoms with Crippen LogP contribution in [-0.2, 0) is 65.4 Å². The van der Waals surface area contributed by atoms with E-state index in [-0.39, 0.29) is 25.7 Å². The van der Waals surface area contributed by atoms with Crippen LogP contribution < -0.4 is 0 Å². The van der Waals surface area contributed by atoms with Gasteiger partial charge in [-0.2, -0.15) is 0 Å². The third-order valence-corrected chi connectivity index (χ3v) is 19.5. The van der Waals surface area contributed by atoms with Crippen LogP contribution in [0, 0.1) is 5.92 Å². The SMILES string of the molecule is CCCCCCCCCCCCCCCCCCCC(=O)OC[C@H](COP(=O)(O)OC[C@@H](O)COP(=O)(O)OC[C@@H](COC(=O)CCCCCCC)OC(=O)CCCCCCCCCCCCCCC)OC(=O)CCCCCCCCCCCCCCCCC(C)CC. The molecule has 0 aliphatic heterocycles. The minimum Gasteiger partial charge on any atom is -0.462 e. The third-order valence-electron chi connectivity index (χ3n) is 17.6. The molecule has 3 unspecified atom stereocenters. The van der Waals surface area contributed by atoms with Gasteiger partial charge >= 0.3 is 39.5 Å². The van der Waals surface area contributed by atoms with E-state index < -0.39 is 97.5 Å². The Hall–Kier alpha value is -1.94. The molecule has 0 bridgehead atoms. The van der Waals surface area contributed by atoms with Gasteiger partial charge in [0.05, 0.1) is 26.4 Å². The number of rotatable bonds is 74. The van der Waals surface area contributed by atoms with Crippen molar-refractivity contribution in [2.24, 2.45) is 5.92 Å². The summed E-state index contributed by atoms with van der Waals surface area (Å²) < 4.78 is 68.2. The number of carbonyl (C=O) groups excluding carboxylic acids is 4. The Morgan fingerprint density at radius 2 is 0.516 bits per heavy atom. The number of phosphoric acid groups is 2. The van der Waals surface area contributed by atoms with Gasteiger partial charge in [0.25, 0.3) is 0 Å². The van der Waals surface area contributed by atoms with Crippen LogP contribution >= 0.6 is 15.6 Å². The summed E-state index contributed by atoms with van der Waals surface area (Å²) in [7, 11) is -9.90. The van der Waals surface area contributed by atoms with Crippen LogP contribution in [-0.4, -0.2) is 96.7 Å². The molecule has 0 aliphatic carbocycles. The van der Waals surface area contributed by atoms with Crippen LogP contribution in [0.1, 0.15) is 388 Å². The Morgan fingerprint density at radius 1 is 0.301 bits per heavy atom. The number of hydrogen-bond donors (Lipinski definition) is 3. The lowest BCUT2D eigenvalue weighted by atomic mass is 9.99. The molecular formula is C74H144O17P2. The second kappa shape index (κ2) is 67.3. The number of carbonyl (C=O) groups is 4. The van der Waals surface area contributed by atoms with Gasteiger partial charge in [-0.3, -0.25) is 37.3 Å². The summed E-state index contributed by atoms with van der Waals surface area (Å²) in [6.45, 7) is 7.25. The van der Waals surface area contributed by atoms with Crippen LogP contribution in [0.3, 0.4) is 0 Å². The first kappa shape index (κ1) is 91.1. The van der Waals surface area contributed by atoms with E-state index in [0.29, 0.717) is 25.7 Å². The predicted molar refractivity (Wildman–Crippen MR) is 377 cm³/mol. The molecule has 0 rings (SSSR count). The van der Waals surface area contributed by atoms with Crippen molar-refractivity contribution in [1.29, 1.82) is 0 Å². The van der Waals surface area contributed by atoms with E-state index in [4.69, 9.17) is 37.0 Å². The zero-order chi connectivity index (χ0) is 68.4. The van der Waals surface area contributed by atoms with Crippen LogP contribution in [0.4, 0.5) is 0 Å². The van der Waals surface area contributed by atoms with E-state index in [2.05, 4.69) is 34.6 Å². The molecule has 0 saturated carbocycles. The van der Waals surface area contributed by atoms with E-state index in [1.165, 1.54) is 205 Å². The molecule has 0 fully saturated rings. The highest BCUT2D eigenvalue weighted by Gasteiger charge is 2.30. The first-order chi connectivity index (χ1) is 45.1. The highest BCUT2D eigenvalue weighted by molar-refractivity contribution is 7.47. The molecule has 0 aromatic rings. The van der Waals surface area contributed by atoms with Gasteiger partial charge in [-0.25, -0.2) is 9.13 Å². The van der Waals surface area contributed by atoms with Crippen LogP contribution in [0.2, 0.25) is 0 Å². The molecule has 3 N–H and O–H groups in total. The highest BCUT2D eigenvalue weighted by atomic mass is 31.2. The van der Waals surface area contributed by atoms with E-state index in [1.807, 2.05) is 0 Å². The molecule has 0 spiro atoms. The quantitative estimate of drug-likeness (QED) is 0.0222. The van der Waals surface area contributed by atoms with Crippen molar-refractivity contribution in [2.45, 2.75) is 406 Å². The van der Waals surface area contributed by atoms with Gasteiger partial charge < -0.3 is 33.8 Å². The molecule has 6 atom stereocenters. The zero-order valence-corrected chi connectivity index (χ0v) is 62.2. The fraction of sp³-hybridized carbons (Fsp3) is 0.946. The van der Waals surface area contributed by atoms with Gasteiger partial charge in [0, 0.05) is 25.7 Å². The number of esters is 4. The molecule has 0 aliphatic rings. The smallest absolute Gasteiger partial charge is 0.462 e. The van der Waals surface area contributed by atoms with Crippen molar-refractivity contribution in [2.75, 3.05) is 39.6 Å². The third kappa shape index (κ3) is 67.0. The normalized spacial score (nSPS) is 14.3. The summed E-state index contributed by atoms with van der Waals surface area (Å²) in [5, 5.41) is 10.6. The average molecular weight is 1370 g/mol. The summed E-state index contributed by atoms with van der Waals surface area (Å²) in [5.74, 6) is -1.28. The summed E-state index contributed by atoms with van der Waals surface area (Å²) in [6.07, 6.45) is 55.8. The van der Waals surface area contributed by atoms with Crippen molar-refractivity contribution >= 4 is 39.5 Å². The largest absolute Gasteiger partial charge is 0.472 e. The van der Waals surface area contributed by atoms with Crippen molar-refractivity contribution < 1.29 is 80.2 Å².